The molecule has 0 saturated carbocycles. The Morgan fingerprint density at radius 1 is 1.50 bits per heavy atom. The van der Waals surface area contributed by atoms with Crippen molar-refractivity contribution in [1.29, 1.82) is 0 Å². The maximum absolute atomic E-state index is 5.89. The van der Waals surface area contributed by atoms with Gasteiger partial charge in [-0.15, -0.1) is 11.3 Å². The summed E-state index contributed by atoms with van der Waals surface area (Å²) in [5.74, 6) is 0. The minimum absolute atomic E-state index is 0.326. The highest BCUT2D eigenvalue weighted by Gasteiger charge is 2.31. The van der Waals surface area contributed by atoms with Gasteiger partial charge in [-0.3, -0.25) is 0 Å². The number of rotatable bonds is 1. The van der Waals surface area contributed by atoms with Gasteiger partial charge in [-0.2, -0.15) is 0 Å². The zero-order valence-corrected chi connectivity index (χ0v) is 8.98. The Labute approximate surface area is 88.3 Å². The zero-order valence-electron chi connectivity index (χ0n) is 8.16. The number of nitrogens with one attached hydrogen (secondary N) is 1. The fourth-order valence-electron chi connectivity index (χ4n) is 2.48. The summed E-state index contributed by atoms with van der Waals surface area (Å²) in [5, 5.41) is 5.73. The predicted octanol–water partition coefficient (Wildman–Crippen LogP) is 2.11. The molecule has 1 N–H and O–H groups in total. The highest BCUT2D eigenvalue weighted by atomic mass is 32.1. The highest BCUT2D eigenvalue weighted by molar-refractivity contribution is 7.10. The molecule has 2 aliphatic rings. The highest BCUT2D eigenvalue weighted by Crippen LogP contribution is 2.35. The number of ether oxygens (including phenoxy) is 1. The predicted molar refractivity (Wildman–Crippen MR) is 57.7 cm³/mol. The second-order valence-corrected chi connectivity index (χ2v) is 5.04. The normalized spacial score (nSPS) is 31.7. The van der Waals surface area contributed by atoms with Crippen LogP contribution in [0.2, 0.25) is 0 Å². The third kappa shape index (κ3) is 1.40. The Morgan fingerprint density at radius 3 is 3.36 bits per heavy atom. The Morgan fingerprint density at radius 2 is 2.50 bits per heavy atom. The second kappa shape index (κ2) is 3.65. The topological polar surface area (TPSA) is 21.3 Å². The van der Waals surface area contributed by atoms with Crippen LogP contribution in [0.15, 0.2) is 11.4 Å². The molecule has 1 saturated heterocycles. The lowest BCUT2D eigenvalue weighted by atomic mass is 9.99. The maximum Gasteiger partial charge on any atom is 0.0988 e. The standard InChI is InChI=1S/C11H15NOS/c1-2-9(12-5-1)11-8-4-7-14-10(8)3-6-13-11/h4,7,9,11-12H,1-3,5-6H2/t9-,11-/m1/s1. The fraction of sp³-hybridized carbons (Fsp3) is 0.636. The molecule has 1 aromatic rings. The second-order valence-electron chi connectivity index (χ2n) is 4.04. The first-order valence-corrected chi connectivity index (χ1v) is 6.24. The van der Waals surface area contributed by atoms with Crippen LogP contribution >= 0.6 is 11.3 Å². The van der Waals surface area contributed by atoms with Crippen molar-refractivity contribution in [2.24, 2.45) is 0 Å². The summed E-state index contributed by atoms with van der Waals surface area (Å²) in [6, 6.07) is 2.80. The molecule has 3 heterocycles. The third-order valence-corrected chi connectivity index (χ3v) is 4.17. The van der Waals surface area contributed by atoms with E-state index in [0.29, 0.717) is 12.1 Å². The molecule has 14 heavy (non-hydrogen) atoms. The summed E-state index contributed by atoms with van der Waals surface area (Å²) in [6.45, 7) is 2.06. The molecule has 0 bridgehead atoms. The summed E-state index contributed by atoms with van der Waals surface area (Å²) in [7, 11) is 0. The van der Waals surface area contributed by atoms with Crippen LogP contribution in [0.4, 0.5) is 0 Å². The first-order valence-electron chi connectivity index (χ1n) is 5.36. The van der Waals surface area contributed by atoms with E-state index in [4.69, 9.17) is 4.74 Å². The van der Waals surface area contributed by atoms with Gasteiger partial charge in [0.1, 0.15) is 0 Å². The Balaban J connectivity index is 1.88. The van der Waals surface area contributed by atoms with Crippen LogP contribution in [0.3, 0.4) is 0 Å². The molecule has 2 nitrogen and oxygen atoms in total. The smallest absolute Gasteiger partial charge is 0.0988 e. The Bertz CT molecular complexity index is 317. The quantitative estimate of drug-likeness (QED) is 0.765. The first-order chi connectivity index (χ1) is 6.95. The minimum Gasteiger partial charge on any atom is -0.371 e. The van der Waals surface area contributed by atoms with Crippen LogP contribution in [-0.2, 0) is 11.2 Å². The van der Waals surface area contributed by atoms with E-state index in [1.165, 1.54) is 23.3 Å². The molecule has 0 aromatic carbocycles. The molecule has 0 radical (unpaired) electrons. The molecule has 2 atom stereocenters. The molecule has 0 amide bonds. The molecular formula is C11H15NOS. The molecule has 1 fully saturated rings. The Hall–Kier alpha value is -0.380. The van der Waals surface area contributed by atoms with Crippen molar-refractivity contribution < 1.29 is 4.74 Å². The van der Waals surface area contributed by atoms with Gasteiger partial charge in [0.15, 0.2) is 0 Å². The van der Waals surface area contributed by atoms with Gasteiger partial charge in [-0.25, -0.2) is 0 Å². The van der Waals surface area contributed by atoms with E-state index in [1.807, 2.05) is 11.3 Å². The molecule has 1 aromatic heterocycles. The van der Waals surface area contributed by atoms with E-state index in [2.05, 4.69) is 16.8 Å². The van der Waals surface area contributed by atoms with Gasteiger partial charge in [0, 0.05) is 17.3 Å². The average Bonchev–Trinajstić information content (AvgIpc) is 2.88. The average molecular weight is 209 g/mol. The summed E-state index contributed by atoms with van der Waals surface area (Å²) >= 11 is 1.88. The lowest BCUT2D eigenvalue weighted by Crippen LogP contribution is -2.33. The molecule has 0 spiro atoms. The molecule has 3 heteroatoms. The lowest BCUT2D eigenvalue weighted by molar-refractivity contribution is 0.0211. The number of fused-ring (bicyclic) bond motifs is 1. The van der Waals surface area contributed by atoms with Crippen LogP contribution in [-0.4, -0.2) is 19.2 Å². The van der Waals surface area contributed by atoms with Gasteiger partial charge in [-0.1, -0.05) is 0 Å². The van der Waals surface area contributed by atoms with Crippen molar-refractivity contribution in [2.45, 2.75) is 31.4 Å². The van der Waals surface area contributed by atoms with Crippen LogP contribution in [0.1, 0.15) is 29.4 Å². The van der Waals surface area contributed by atoms with Crippen molar-refractivity contribution in [3.05, 3.63) is 21.9 Å². The van der Waals surface area contributed by atoms with E-state index >= 15 is 0 Å². The van der Waals surface area contributed by atoms with E-state index < -0.39 is 0 Å². The van der Waals surface area contributed by atoms with Gasteiger partial charge < -0.3 is 10.1 Å². The van der Waals surface area contributed by atoms with Crippen molar-refractivity contribution in [3.63, 3.8) is 0 Å². The van der Waals surface area contributed by atoms with Gasteiger partial charge >= 0.3 is 0 Å². The van der Waals surface area contributed by atoms with Gasteiger partial charge in [0.05, 0.1) is 12.7 Å². The van der Waals surface area contributed by atoms with Crippen LogP contribution in [0.25, 0.3) is 0 Å². The van der Waals surface area contributed by atoms with Gasteiger partial charge in [0.25, 0.3) is 0 Å². The van der Waals surface area contributed by atoms with E-state index in [-0.39, 0.29) is 0 Å². The van der Waals surface area contributed by atoms with Crippen molar-refractivity contribution in [3.8, 4) is 0 Å². The SMILES string of the molecule is c1cc2c(s1)CCO[C@H]2[C@H]1CCCN1. The first kappa shape index (κ1) is 8.89. The third-order valence-electron chi connectivity index (χ3n) is 3.18. The maximum atomic E-state index is 5.89. The van der Waals surface area contributed by atoms with Crippen molar-refractivity contribution >= 4 is 11.3 Å². The van der Waals surface area contributed by atoms with Crippen LogP contribution in [0.5, 0.6) is 0 Å². The van der Waals surface area contributed by atoms with E-state index in [9.17, 15) is 0 Å². The fourth-order valence-corrected chi connectivity index (χ4v) is 3.38. The Kier molecular flexibility index (Phi) is 2.32. The number of hydrogen-bond acceptors (Lipinski definition) is 3. The molecular weight excluding hydrogens is 194 g/mol. The monoisotopic (exact) mass is 209 g/mol. The summed E-state index contributed by atoms with van der Waals surface area (Å²) in [4.78, 5) is 1.54. The van der Waals surface area contributed by atoms with Crippen molar-refractivity contribution in [1.82, 2.24) is 5.32 Å². The van der Waals surface area contributed by atoms with E-state index in [0.717, 1.165) is 19.6 Å². The number of thiophene rings is 1. The summed E-state index contributed by atoms with van der Waals surface area (Å²) in [5.41, 5.74) is 1.45. The largest absolute Gasteiger partial charge is 0.371 e. The van der Waals surface area contributed by atoms with Crippen LogP contribution in [0, 0.1) is 0 Å². The minimum atomic E-state index is 0.326. The molecule has 0 unspecified atom stereocenters. The lowest BCUT2D eigenvalue weighted by Gasteiger charge is -2.28. The van der Waals surface area contributed by atoms with Gasteiger partial charge in [0.2, 0.25) is 0 Å². The van der Waals surface area contributed by atoms with E-state index in [1.54, 1.807) is 0 Å². The molecule has 2 aliphatic heterocycles. The molecule has 76 valence electrons. The summed E-state index contributed by atoms with van der Waals surface area (Å²) < 4.78 is 5.89. The summed E-state index contributed by atoms with van der Waals surface area (Å²) in [6.07, 6.45) is 3.99. The molecule has 3 rings (SSSR count). The molecule has 0 aliphatic carbocycles. The van der Waals surface area contributed by atoms with Crippen LogP contribution < -0.4 is 5.32 Å². The number of hydrogen-bond donors (Lipinski definition) is 1. The van der Waals surface area contributed by atoms with Crippen molar-refractivity contribution in [2.75, 3.05) is 13.2 Å². The van der Waals surface area contributed by atoms with Gasteiger partial charge in [-0.05, 0) is 36.4 Å². The zero-order chi connectivity index (χ0) is 9.38.